The molecule has 0 saturated carbocycles. The number of aryl methyl sites for hydroxylation is 1. The Labute approximate surface area is 158 Å². The first-order chi connectivity index (χ1) is 12.4. The zero-order valence-electron chi connectivity index (χ0n) is 15.7. The van der Waals surface area contributed by atoms with Gasteiger partial charge >= 0.3 is 0 Å². The molecule has 1 aromatic heterocycles. The van der Waals surface area contributed by atoms with E-state index in [0.717, 1.165) is 23.4 Å². The first-order valence-corrected chi connectivity index (χ1v) is 9.77. The van der Waals surface area contributed by atoms with E-state index in [1.54, 1.807) is 0 Å². The number of nitrogens with zero attached hydrogens (tertiary/aromatic N) is 2. The number of nitrogens with one attached hydrogen (secondary N) is 2. The highest BCUT2D eigenvalue weighted by atomic mass is 32.1. The third-order valence-corrected chi connectivity index (χ3v) is 5.13. The van der Waals surface area contributed by atoms with Crippen molar-refractivity contribution >= 4 is 28.3 Å². The Morgan fingerprint density at radius 2 is 1.85 bits per heavy atom. The van der Waals surface area contributed by atoms with Gasteiger partial charge in [0.2, 0.25) is 16.9 Å². The first kappa shape index (κ1) is 20.0. The Morgan fingerprint density at radius 1 is 1.15 bits per heavy atom. The quantitative estimate of drug-likeness (QED) is 0.736. The fourth-order valence-electron chi connectivity index (χ4n) is 2.44. The lowest BCUT2D eigenvalue weighted by Gasteiger charge is -2.22. The lowest BCUT2D eigenvalue weighted by atomic mass is 9.98. The highest BCUT2D eigenvalue weighted by Gasteiger charge is 2.26. The van der Waals surface area contributed by atoms with Crippen molar-refractivity contribution in [2.75, 3.05) is 5.32 Å². The third kappa shape index (κ3) is 5.36. The molecule has 2 amide bonds. The van der Waals surface area contributed by atoms with Gasteiger partial charge in [0, 0.05) is 12.0 Å². The van der Waals surface area contributed by atoms with Crippen LogP contribution < -0.4 is 10.6 Å². The number of carbonyl (C=O) groups excluding carboxylic acids is 2. The van der Waals surface area contributed by atoms with Crippen molar-refractivity contribution in [2.24, 2.45) is 5.92 Å². The molecule has 0 aliphatic rings. The van der Waals surface area contributed by atoms with Gasteiger partial charge in [-0.1, -0.05) is 68.4 Å². The van der Waals surface area contributed by atoms with Crippen molar-refractivity contribution in [3.8, 4) is 10.6 Å². The molecule has 2 N–H and O–H groups in total. The lowest BCUT2D eigenvalue weighted by Crippen LogP contribution is -2.47. The van der Waals surface area contributed by atoms with Crippen molar-refractivity contribution in [3.05, 3.63) is 29.8 Å². The van der Waals surface area contributed by atoms with Crippen LogP contribution in [0.2, 0.25) is 0 Å². The summed E-state index contributed by atoms with van der Waals surface area (Å²) in [5, 5.41) is 15.0. The van der Waals surface area contributed by atoms with Crippen LogP contribution in [0.3, 0.4) is 0 Å². The standard InChI is InChI=1S/C19H26N4O2S/c1-5-7-15(24)20-16(13(4)6-2)17(25)21-19-23-22-18(26-19)14-10-8-12(3)9-11-14/h8-11,13,16H,5-7H2,1-4H3,(H,20,24)(H,21,23,25)/t13-,16-/m1/s1. The second kappa shape index (κ2) is 9.43. The molecule has 0 saturated heterocycles. The molecule has 2 atom stereocenters. The van der Waals surface area contributed by atoms with Gasteiger partial charge < -0.3 is 5.32 Å². The van der Waals surface area contributed by atoms with Crippen molar-refractivity contribution in [1.82, 2.24) is 15.5 Å². The SMILES string of the molecule is CCCC(=O)N[C@@H](C(=O)Nc1nnc(-c2ccc(C)cc2)s1)[C@H](C)CC. The predicted octanol–water partition coefficient (Wildman–Crippen LogP) is 3.78. The topological polar surface area (TPSA) is 84.0 Å². The Hall–Kier alpha value is -2.28. The van der Waals surface area contributed by atoms with Crippen LogP contribution in [0.5, 0.6) is 0 Å². The molecular weight excluding hydrogens is 348 g/mol. The van der Waals surface area contributed by atoms with Crippen molar-refractivity contribution in [2.45, 2.75) is 53.0 Å². The smallest absolute Gasteiger partial charge is 0.249 e. The summed E-state index contributed by atoms with van der Waals surface area (Å²) in [4.78, 5) is 24.6. The van der Waals surface area contributed by atoms with Crippen LogP contribution in [0.4, 0.5) is 5.13 Å². The minimum atomic E-state index is -0.578. The molecule has 1 aromatic carbocycles. The van der Waals surface area contributed by atoms with Gasteiger partial charge in [0.05, 0.1) is 0 Å². The zero-order valence-corrected chi connectivity index (χ0v) is 16.5. The number of hydrogen-bond acceptors (Lipinski definition) is 5. The molecule has 0 bridgehead atoms. The molecule has 0 radical (unpaired) electrons. The molecule has 2 rings (SSSR count). The van der Waals surface area contributed by atoms with E-state index in [9.17, 15) is 9.59 Å². The van der Waals surface area contributed by atoms with E-state index in [1.807, 2.05) is 52.0 Å². The highest BCUT2D eigenvalue weighted by molar-refractivity contribution is 7.18. The summed E-state index contributed by atoms with van der Waals surface area (Å²) in [6, 6.07) is 7.41. The van der Waals surface area contributed by atoms with Gasteiger partial charge in [0.15, 0.2) is 0 Å². The van der Waals surface area contributed by atoms with Crippen LogP contribution >= 0.6 is 11.3 Å². The van der Waals surface area contributed by atoms with E-state index in [-0.39, 0.29) is 17.7 Å². The second-order valence-electron chi connectivity index (χ2n) is 6.45. The molecule has 0 aliphatic carbocycles. The fraction of sp³-hybridized carbons (Fsp3) is 0.474. The third-order valence-electron chi connectivity index (χ3n) is 4.24. The average molecular weight is 375 g/mol. The largest absolute Gasteiger partial charge is 0.344 e. The minimum absolute atomic E-state index is 0.0281. The van der Waals surface area contributed by atoms with Crippen molar-refractivity contribution in [1.29, 1.82) is 0 Å². The summed E-state index contributed by atoms with van der Waals surface area (Å²) in [6.45, 7) is 7.91. The summed E-state index contributed by atoms with van der Waals surface area (Å²) >= 11 is 1.32. The maximum atomic E-state index is 12.7. The van der Waals surface area contributed by atoms with Crippen LogP contribution in [0.25, 0.3) is 10.6 Å². The molecule has 140 valence electrons. The van der Waals surface area contributed by atoms with E-state index < -0.39 is 6.04 Å². The van der Waals surface area contributed by atoms with Gasteiger partial charge in [-0.05, 0) is 19.3 Å². The molecule has 6 nitrogen and oxygen atoms in total. The van der Waals surface area contributed by atoms with E-state index in [0.29, 0.717) is 11.6 Å². The summed E-state index contributed by atoms with van der Waals surface area (Å²) in [6.07, 6.45) is 1.95. The normalized spacial score (nSPS) is 13.1. The molecule has 0 spiro atoms. The lowest BCUT2D eigenvalue weighted by molar-refractivity contribution is -0.127. The molecule has 0 unspecified atom stereocenters. The Kier molecular flexibility index (Phi) is 7.26. The number of rotatable bonds is 8. The van der Waals surface area contributed by atoms with Gasteiger partial charge in [-0.15, -0.1) is 10.2 Å². The number of anilines is 1. The minimum Gasteiger partial charge on any atom is -0.344 e. The molecule has 0 aliphatic heterocycles. The van der Waals surface area contributed by atoms with Crippen LogP contribution in [0, 0.1) is 12.8 Å². The second-order valence-corrected chi connectivity index (χ2v) is 7.43. The Morgan fingerprint density at radius 3 is 2.46 bits per heavy atom. The van der Waals surface area contributed by atoms with Crippen molar-refractivity contribution < 1.29 is 9.59 Å². The average Bonchev–Trinajstić information content (AvgIpc) is 3.08. The number of carbonyl (C=O) groups is 2. The van der Waals surface area contributed by atoms with Gasteiger partial charge in [0.25, 0.3) is 0 Å². The van der Waals surface area contributed by atoms with E-state index in [4.69, 9.17) is 0 Å². The molecule has 26 heavy (non-hydrogen) atoms. The Balaban J connectivity index is 2.08. The molecular formula is C19H26N4O2S. The van der Waals surface area contributed by atoms with Gasteiger partial charge in [-0.25, -0.2) is 0 Å². The van der Waals surface area contributed by atoms with Gasteiger partial charge in [-0.2, -0.15) is 0 Å². The summed E-state index contributed by atoms with van der Waals surface area (Å²) < 4.78 is 0. The van der Waals surface area contributed by atoms with Crippen LogP contribution in [-0.4, -0.2) is 28.1 Å². The van der Waals surface area contributed by atoms with Crippen LogP contribution in [0.1, 0.15) is 45.6 Å². The molecule has 0 fully saturated rings. The van der Waals surface area contributed by atoms with E-state index >= 15 is 0 Å². The van der Waals surface area contributed by atoms with E-state index in [2.05, 4.69) is 20.8 Å². The number of amides is 2. The van der Waals surface area contributed by atoms with Crippen molar-refractivity contribution in [3.63, 3.8) is 0 Å². The Bertz CT molecular complexity index is 742. The molecule has 7 heteroatoms. The highest BCUT2D eigenvalue weighted by Crippen LogP contribution is 2.26. The van der Waals surface area contributed by atoms with Gasteiger partial charge in [0.1, 0.15) is 11.0 Å². The molecule has 1 heterocycles. The van der Waals surface area contributed by atoms with Crippen LogP contribution in [-0.2, 0) is 9.59 Å². The number of benzene rings is 1. The molecule has 2 aromatic rings. The summed E-state index contributed by atoms with van der Waals surface area (Å²) in [7, 11) is 0. The maximum absolute atomic E-state index is 12.7. The maximum Gasteiger partial charge on any atom is 0.249 e. The van der Waals surface area contributed by atoms with E-state index in [1.165, 1.54) is 16.9 Å². The number of aromatic nitrogens is 2. The van der Waals surface area contributed by atoms with Gasteiger partial charge in [-0.3, -0.25) is 14.9 Å². The summed E-state index contributed by atoms with van der Waals surface area (Å²) in [5.74, 6) is -0.332. The number of hydrogen-bond donors (Lipinski definition) is 2. The predicted molar refractivity (Wildman–Crippen MR) is 105 cm³/mol. The first-order valence-electron chi connectivity index (χ1n) is 8.95. The fourth-order valence-corrected chi connectivity index (χ4v) is 3.20. The monoisotopic (exact) mass is 374 g/mol. The van der Waals surface area contributed by atoms with Crippen LogP contribution in [0.15, 0.2) is 24.3 Å². The zero-order chi connectivity index (χ0) is 19.1. The summed E-state index contributed by atoms with van der Waals surface area (Å²) in [5.41, 5.74) is 2.13.